The second kappa shape index (κ2) is 5.27. The van der Waals surface area contributed by atoms with E-state index in [-0.39, 0.29) is 17.2 Å². The van der Waals surface area contributed by atoms with E-state index in [4.69, 9.17) is 4.74 Å². The standard InChI is InChI=1S/C20H19NO2/c1-23-17-9-5-8-15-16(11-10-14-6-3-2-4-7-14)20(12-13-20)19(22)21-18(15)17/h2-11,16H,12-13H2,1H3,(H,21,22)/b11-10+. The van der Waals surface area contributed by atoms with Crippen LogP contribution in [0.5, 0.6) is 5.75 Å². The minimum Gasteiger partial charge on any atom is -0.495 e. The second-order valence-corrected chi connectivity index (χ2v) is 6.28. The summed E-state index contributed by atoms with van der Waals surface area (Å²) in [5.41, 5.74) is 2.84. The van der Waals surface area contributed by atoms with Crippen LogP contribution in [0.3, 0.4) is 0 Å². The number of hydrogen-bond donors (Lipinski definition) is 1. The van der Waals surface area contributed by atoms with Crippen molar-refractivity contribution >= 4 is 17.7 Å². The van der Waals surface area contributed by atoms with E-state index in [0.29, 0.717) is 0 Å². The third kappa shape index (κ3) is 2.24. The summed E-state index contributed by atoms with van der Waals surface area (Å²) in [6.07, 6.45) is 6.19. The number of fused-ring (bicyclic) bond motifs is 1. The molecule has 0 radical (unpaired) electrons. The SMILES string of the molecule is COc1cccc2c1NC(=O)C1(CC1)C2/C=C/c1ccccc1. The van der Waals surface area contributed by atoms with Gasteiger partial charge in [0.25, 0.3) is 0 Å². The molecular weight excluding hydrogens is 286 g/mol. The summed E-state index contributed by atoms with van der Waals surface area (Å²) in [6.45, 7) is 0. The smallest absolute Gasteiger partial charge is 0.231 e. The molecule has 1 aliphatic heterocycles. The summed E-state index contributed by atoms with van der Waals surface area (Å²) in [5.74, 6) is 0.947. The maximum Gasteiger partial charge on any atom is 0.231 e. The average molecular weight is 305 g/mol. The fraction of sp³-hybridized carbons (Fsp3) is 0.250. The van der Waals surface area contributed by atoms with E-state index in [9.17, 15) is 4.79 Å². The number of para-hydroxylation sites is 1. The lowest BCUT2D eigenvalue weighted by molar-refractivity contribution is -0.121. The third-order valence-electron chi connectivity index (χ3n) is 4.97. The predicted octanol–water partition coefficient (Wildman–Crippen LogP) is 4.22. The molecule has 0 aromatic heterocycles. The Morgan fingerprint density at radius 2 is 1.91 bits per heavy atom. The number of allylic oxidation sites excluding steroid dienone is 1. The molecule has 116 valence electrons. The molecule has 1 unspecified atom stereocenters. The van der Waals surface area contributed by atoms with E-state index < -0.39 is 0 Å². The third-order valence-corrected chi connectivity index (χ3v) is 4.97. The summed E-state index contributed by atoms with van der Waals surface area (Å²) >= 11 is 0. The van der Waals surface area contributed by atoms with Gasteiger partial charge in [-0.15, -0.1) is 0 Å². The predicted molar refractivity (Wildman–Crippen MR) is 91.5 cm³/mol. The summed E-state index contributed by atoms with van der Waals surface area (Å²) in [5, 5.41) is 3.06. The first-order chi connectivity index (χ1) is 11.2. The molecule has 1 aliphatic carbocycles. The molecule has 2 aromatic rings. The van der Waals surface area contributed by atoms with Crippen molar-refractivity contribution in [1.29, 1.82) is 0 Å². The van der Waals surface area contributed by atoms with Gasteiger partial charge in [0, 0.05) is 5.92 Å². The molecule has 0 bridgehead atoms. The van der Waals surface area contributed by atoms with Crippen molar-refractivity contribution in [2.45, 2.75) is 18.8 Å². The highest BCUT2D eigenvalue weighted by molar-refractivity contribution is 6.03. The highest BCUT2D eigenvalue weighted by atomic mass is 16.5. The van der Waals surface area contributed by atoms with Crippen LogP contribution in [0, 0.1) is 5.41 Å². The Bertz CT molecular complexity index is 775. The lowest BCUT2D eigenvalue weighted by Gasteiger charge is -2.32. The number of nitrogens with one attached hydrogen (secondary N) is 1. The zero-order chi connectivity index (χ0) is 15.9. The molecule has 1 N–H and O–H groups in total. The Labute approximate surface area is 136 Å². The van der Waals surface area contributed by atoms with Crippen LogP contribution >= 0.6 is 0 Å². The lowest BCUT2D eigenvalue weighted by atomic mass is 9.78. The topological polar surface area (TPSA) is 38.3 Å². The molecule has 1 saturated carbocycles. The van der Waals surface area contributed by atoms with Crippen molar-refractivity contribution in [2.24, 2.45) is 5.41 Å². The van der Waals surface area contributed by atoms with Crippen LogP contribution in [0.15, 0.2) is 54.6 Å². The van der Waals surface area contributed by atoms with Crippen molar-refractivity contribution in [3.8, 4) is 5.75 Å². The second-order valence-electron chi connectivity index (χ2n) is 6.28. The van der Waals surface area contributed by atoms with Crippen LogP contribution in [-0.4, -0.2) is 13.0 Å². The Morgan fingerprint density at radius 1 is 1.13 bits per heavy atom. The van der Waals surface area contributed by atoms with Crippen LogP contribution in [0.25, 0.3) is 6.08 Å². The minimum absolute atomic E-state index is 0.0987. The first-order valence-electron chi connectivity index (χ1n) is 7.96. The maximum atomic E-state index is 12.6. The van der Waals surface area contributed by atoms with Crippen molar-refractivity contribution in [3.05, 3.63) is 65.7 Å². The molecule has 2 aliphatic rings. The molecule has 3 heteroatoms. The molecule has 1 amide bonds. The Hall–Kier alpha value is -2.55. The zero-order valence-electron chi connectivity index (χ0n) is 13.1. The first-order valence-corrected chi connectivity index (χ1v) is 7.96. The van der Waals surface area contributed by atoms with Gasteiger partial charge in [-0.05, 0) is 30.0 Å². The van der Waals surface area contributed by atoms with E-state index in [1.54, 1.807) is 7.11 Å². The van der Waals surface area contributed by atoms with E-state index in [2.05, 4.69) is 35.7 Å². The van der Waals surface area contributed by atoms with Gasteiger partial charge in [0.1, 0.15) is 5.75 Å². The molecule has 0 saturated heterocycles. The molecule has 1 atom stereocenters. The molecule has 1 heterocycles. The molecule has 2 aromatic carbocycles. The van der Waals surface area contributed by atoms with E-state index in [1.165, 1.54) is 0 Å². The number of methoxy groups -OCH3 is 1. The molecule has 1 fully saturated rings. The molecule has 4 rings (SSSR count). The minimum atomic E-state index is -0.273. The van der Waals surface area contributed by atoms with Crippen molar-refractivity contribution in [2.75, 3.05) is 12.4 Å². The number of rotatable bonds is 3. The fourth-order valence-electron chi connectivity index (χ4n) is 3.52. The van der Waals surface area contributed by atoms with Crippen LogP contribution < -0.4 is 10.1 Å². The maximum absolute atomic E-state index is 12.6. The van der Waals surface area contributed by atoms with Gasteiger partial charge in [-0.2, -0.15) is 0 Å². The number of carbonyl (C=O) groups is 1. The monoisotopic (exact) mass is 305 g/mol. The summed E-state index contributed by atoms with van der Waals surface area (Å²) in [7, 11) is 1.64. The van der Waals surface area contributed by atoms with Crippen molar-refractivity contribution in [3.63, 3.8) is 0 Å². The number of ether oxygens (including phenoxy) is 1. The lowest BCUT2D eigenvalue weighted by Crippen LogP contribution is -2.34. The van der Waals surface area contributed by atoms with Crippen LogP contribution in [0.1, 0.15) is 29.9 Å². The summed E-state index contributed by atoms with van der Waals surface area (Å²) in [4.78, 5) is 12.6. The Balaban J connectivity index is 1.78. The first kappa shape index (κ1) is 14.1. The largest absolute Gasteiger partial charge is 0.495 e. The summed E-state index contributed by atoms with van der Waals surface area (Å²) in [6, 6.07) is 16.2. The number of carbonyl (C=O) groups excluding carboxylic acids is 1. The van der Waals surface area contributed by atoms with Crippen LogP contribution in [0.2, 0.25) is 0 Å². The fourth-order valence-corrected chi connectivity index (χ4v) is 3.52. The van der Waals surface area contributed by atoms with Gasteiger partial charge in [0.2, 0.25) is 5.91 Å². The van der Waals surface area contributed by atoms with Gasteiger partial charge in [-0.1, -0.05) is 54.6 Å². The van der Waals surface area contributed by atoms with Crippen LogP contribution in [0.4, 0.5) is 5.69 Å². The Morgan fingerprint density at radius 3 is 2.61 bits per heavy atom. The van der Waals surface area contributed by atoms with Gasteiger partial charge < -0.3 is 10.1 Å². The zero-order valence-corrected chi connectivity index (χ0v) is 13.1. The number of anilines is 1. The van der Waals surface area contributed by atoms with Crippen molar-refractivity contribution in [1.82, 2.24) is 0 Å². The van der Waals surface area contributed by atoms with Gasteiger partial charge >= 0.3 is 0 Å². The molecule has 1 spiro atoms. The number of amides is 1. The number of hydrogen-bond acceptors (Lipinski definition) is 2. The quantitative estimate of drug-likeness (QED) is 0.922. The normalized spacial score (nSPS) is 21.1. The average Bonchev–Trinajstić information content (AvgIpc) is 3.38. The highest BCUT2D eigenvalue weighted by Crippen LogP contribution is 2.61. The van der Waals surface area contributed by atoms with E-state index in [1.807, 2.05) is 30.3 Å². The van der Waals surface area contributed by atoms with Gasteiger partial charge in [-0.3, -0.25) is 4.79 Å². The van der Waals surface area contributed by atoms with Crippen LogP contribution in [-0.2, 0) is 4.79 Å². The van der Waals surface area contributed by atoms with Gasteiger partial charge in [0.15, 0.2) is 0 Å². The van der Waals surface area contributed by atoms with Gasteiger partial charge in [0.05, 0.1) is 18.2 Å². The molecular formula is C20H19NO2. The molecule has 3 nitrogen and oxygen atoms in total. The summed E-state index contributed by atoms with van der Waals surface area (Å²) < 4.78 is 5.42. The molecule has 23 heavy (non-hydrogen) atoms. The van der Waals surface area contributed by atoms with Crippen molar-refractivity contribution < 1.29 is 9.53 Å². The highest BCUT2D eigenvalue weighted by Gasteiger charge is 2.58. The number of benzene rings is 2. The van der Waals surface area contributed by atoms with Gasteiger partial charge in [-0.25, -0.2) is 0 Å². The Kier molecular flexibility index (Phi) is 3.22. The van der Waals surface area contributed by atoms with E-state index >= 15 is 0 Å². The van der Waals surface area contributed by atoms with E-state index in [0.717, 1.165) is 35.4 Å².